The van der Waals surface area contributed by atoms with Crippen molar-refractivity contribution >= 4 is 6.02 Å². The van der Waals surface area contributed by atoms with Gasteiger partial charge in [-0.25, -0.2) is 0 Å². The molecule has 0 spiro atoms. The van der Waals surface area contributed by atoms with E-state index >= 15 is 0 Å². The van der Waals surface area contributed by atoms with E-state index in [0.29, 0.717) is 12.1 Å². The van der Waals surface area contributed by atoms with Gasteiger partial charge in [-0.05, 0) is 26.7 Å². The number of amidine groups is 1. The van der Waals surface area contributed by atoms with Gasteiger partial charge in [-0.1, -0.05) is 0 Å². The Bertz CT molecular complexity index is 159. The third-order valence-corrected chi connectivity index (χ3v) is 1.91. The fraction of sp³-hybridized carbons (Fsp3) is 0.875. The van der Waals surface area contributed by atoms with Crippen LogP contribution in [0.3, 0.4) is 0 Å². The van der Waals surface area contributed by atoms with E-state index in [1.54, 1.807) is 7.05 Å². The molecule has 0 atom stereocenters. The Morgan fingerprint density at radius 1 is 1.55 bits per heavy atom. The normalized spacial score (nSPS) is 19.1. The van der Waals surface area contributed by atoms with E-state index in [2.05, 4.69) is 4.99 Å². The largest absolute Gasteiger partial charge is 0.846 e. The highest BCUT2D eigenvalue weighted by molar-refractivity contribution is 5.70. The lowest BCUT2D eigenvalue weighted by molar-refractivity contribution is -0.237. The number of hydrogen-bond acceptors (Lipinski definition) is 2. The van der Waals surface area contributed by atoms with E-state index < -0.39 is 0 Å². The van der Waals surface area contributed by atoms with Gasteiger partial charge in [0.2, 0.25) is 0 Å². The molecule has 1 saturated carbocycles. The highest BCUT2D eigenvalue weighted by atomic mass is 16.3. The average Bonchev–Trinajstić information content (AvgIpc) is 2.71. The van der Waals surface area contributed by atoms with Crippen molar-refractivity contribution in [2.45, 2.75) is 38.8 Å². The third kappa shape index (κ3) is 1.85. The molecular weight excluding hydrogens is 140 g/mol. The lowest BCUT2D eigenvalue weighted by Gasteiger charge is -2.33. The predicted octanol–water partition coefficient (Wildman–Crippen LogP) is 0.205. The highest BCUT2D eigenvalue weighted by Gasteiger charge is 2.29. The molecule has 0 amide bonds. The molecule has 1 fully saturated rings. The third-order valence-electron chi connectivity index (χ3n) is 1.91. The van der Waals surface area contributed by atoms with Gasteiger partial charge < -0.3 is 10.0 Å². The summed E-state index contributed by atoms with van der Waals surface area (Å²) in [6.07, 6.45) is 2.30. The first-order valence-corrected chi connectivity index (χ1v) is 4.09. The number of aliphatic imine (C=N–C) groups is 1. The molecule has 1 aliphatic carbocycles. The molecule has 11 heavy (non-hydrogen) atoms. The summed E-state index contributed by atoms with van der Waals surface area (Å²) in [6, 6.07) is 0.701. The summed E-state index contributed by atoms with van der Waals surface area (Å²) in [7, 11) is 1.56. The Kier molecular flexibility index (Phi) is 2.37. The summed E-state index contributed by atoms with van der Waals surface area (Å²) in [5.74, 6) is 0. The quantitative estimate of drug-likeness (QED) is 0.422. The van der Waals surface area contributed by atoms with Crippen LogP contribution in [-0.2, 0) is 0 Å². The van der Waals surface area contributed by atoms with Crippen LogP contribution in [0, 0.1) is 0 Å². The van der Waals surface area contributed by atoms with Crippen LogP contribution >= 0.6 is 0 Å². The summed E-state index contributed by atoms with van der Waals surface area (Å²) in [4.78, 5) is 5.52. The van der Waals surface area contributed by atoms with E-state index in [9.17, 15) is 5.11 Å². The summed E-state index contributed by atoms with van der Waals surface area (Å²) >= 11 is 0. The van der Waals surface area contributed by atoms with Gasteiger partial charge in [0, 0.05) is 25.2 Å². The first-order valence-electron chi connectivity index (χ1n) is 4.09. The molecule has 64 valence electrons. The topological polar surface area (TPSA) is 38.7 Å². The van der Waals surface area contributed by atoms with Gasteiger partial charge in [-0.2, -0.15) is 0 Å². The minimum absolute atomic E-state index is 0.0671. The average molecular weight is 155 g/mol. The van der Waals surface area contributed by atoms with Crippen molar-refractivity contribution in [3.8, 4) is 0 Å². The predicted molar refractivity (Wildman–Crippen MR) is 43.4 cm³/mol. The van der Waals surface area contributed by atoms with Crippen molar-refractivity contribution in [2.75, 3.05) is 7.05 Å². The van der Waals surface area contributed by atoms with Gasteiger partial charge in [0.25, 0.3) is 0 Å². The van der Waals surface area contributed by atoms with Crippen molar-refractivity contribution < 1.29 is 5.11 Å². The van der Waals surface area contributed by atoms with Crippen molar-refractivity contribution in [3.63, 3.8) is 0 Å². The fourth-order valence-corrected chi connectivity index (χ4v) is 1.27. The lowest BCUT2D eigenvalue weighted by Crippen LogP contribution is -2.45. The maximum Gasteiger partial charge on any atom is 0.0500 e. The molecule has 0 aromatic carbocycles. The molecule has 0 radical (unpaired) electrons. The molecule has 0 aliphatic heterocycles. The second kappa shape index (κ2) is 3.11. The molecule has 0 bridgehead atoms. The molecule has 1 aliphatic rings. The van der Waals surface area contributed by atoms with Crippen molar-refractivity contribution in [2.24, 2.45) is 4.99 Å². The Hall–Kier alpha value is -0.730. The lowest BCUT2D eigenvalue weighted by atomic mass is 10.3. The van der Waals surface area contributed by atoms with Gasteiger partial charge >= 0.3 is 0 Å². The molecule has 0 saturated heterocycles. The van der Waals surface area contributed by atoms with Gasteiger partial charge in [0.05, 0.1) is 0 Å². The molecule has 0 unspecified atom stereocenters. The second-order valence-electron chi connectivity index (χ2n) is 3.24. The first kappa shape index (κ1) is 8.37. The van der Waals surface area contributed by atoms with Gasteiger partial charge in [-0.15, -0.1) is 0 Å². The Labute approximate surface area is 67.7 Å². The van der Waals surface area contributed by atoms with Crippen LogP contribution in [0.5, 0.6) is 0 Å². The second-order valence-corrected chi connectivity index (χ2v) is 3.24. The Morgan fingerprint density at radius 3 is 2.36 bits per heavy atom. The smallest absolute Gasteiger partial charge is 0.0500 e. The SMILES string of the molecule is CN=C([O-])N(C(C)C)C1CC1. The van der Waals surface area contributed by atoms with Crippen LogP contribution in [0.4, 0.5) is 0 Å². The first-order chi connectivity index (χ1) is 5.16. The number of nitrogens with zero attached hydrogens (tertiary/aromatic N) is 2. The van der Waals surface area contributed by atoms with Crippen LogP contribution in [0.2, 0.25) is 0 Å². The van der Waals surface area contributed by atoms with E-state index in [-0.39, 0.29) is 6.02 Å². The zero-order chi connectivity index (χ0) is 8.43. The summed E-state index contributed by atoms with van der Waals surface area (Å²) in [5.41, 5.74) is 0. The van der Waals surface area contributed by atoms with Crippen molar-refractivity contribution in [3.05, 3.63) is 0 Å². The van der Waals surface area contributed by atoms with E-state index in [1.807, 2.05) is 18.7 Å². The zero-order valence-electron chi connectivity index (χ0n) is 7.37. The molecule has 0 N–H and O–H groups in total. The molecule has 1 rings (SSSR count). The molecule has 0 aromatic heterocycles. The van der Waals surface area contributed by atoms with Crippen molar-refractivity contribution in [1.29, 1.82) is 0 Å². The molecular formula is C8H15N2O-. The summed E-state index contributed by atoms with van der Waals surface area (Å²) in [5, 5.41) is 11.2. The van der Waals surface area contributed by atoms with Gasteiger partial charge in [0.1, 0.15) is 0 Å². The minimum Gasteiger partial charge on any atom is -0.846 e. The number of rotatable bonds is 2. The summed E-state index contributed by atoms with van der Waals surface area (Å²) < 4.78 is 0. The van der Waals surface area contributed by atoms with E-state index in [0.717, 1.165) is 12.8 Å². The fourth-order valence-electron chi connectivity index (χ4n) is 1.27. The maximum atomic E-state index is 11.2. The van der Waals surface area contributed by atoms with Crippen LogP contribution in [0.25, 0.3) is 0 Å². The van der Waals surface area contributed by atoms with Crippen LogP contribution in [0.1, 0.15) is 26.7 Å². The van der Waals surface area contributed by atoms with Crippen LogP contribution in [-0.4, -0.2) is 30.1 Å². The molecule has 3 heteroatoms. The minimum atomic E-state index is -0.0671. The van der Waals surface area contributed by atoms with Crippen molar-refractivity contribution in [1.82, 2.24) is 4.90 Å². The molecule has 0 aromatic rings. The van der Waals surface area contributed by atoms with E-state index in [1.165, 1.54) is 0 Å². The van der Waals surface area contributed by atoms with Gasteiger partial charge in [0.15, 0.2) is 0 Å². The van der Waals surface area contributed by atoms with Crippen LogP contribution in [0.15, 0.2) is 4.99 Å². The maximum absolute atomic E-state index is 11.2. The molecule has 3 nitrogen and oxygen atoms in total. The summed E-state index contributed by atoms with van der Waals surface area (Å²) in [6.45, 7) is 4.06. The zero-order valence-corrected chi connectivity index (χ0v) is 7.37. The van der Waals surface area contributed by atoms with E-state index in [4.69, 9.17) is 0 Å². The monoisotopic (exact) mass is 155 g/mol. The van der Waals surface area contributed by atoms with Crippen LogP contribution < -0.4 is 5.11 Å². The van der Waals surface area contributed by atoms with Gasteiger partial charge in [-0.3, -0.25) is 4.99 Å². The Balaban J connectivity index is 2.58. The molecule has 0 heterocycles. The highest BCUT2D eigenvalue weighted by Crippen LogP contribution is 2.27. The Morgan fingerprint density at radius 2 is 2.09 bits per heavy atom. The standard InChI is InChI=1S/C8H16N2O/c1-6(2)10(7-4-5-7)8(11)9-3/h6-7H,4-5H2,1-3H3,(H,9,11)/p-1. The number of hydrogen-bond donors (Lipinski definition) is 0.